The predicted octanol–water partition coefficient (Wildman–Crippen LogP) is 1.35. The number of carboxylic acids is 1. The molecular formula is C11H13N3O5S2. The molecule has 0 radical (unpaired) electrons. The normalized spacial score (nSPS) is 12.5. The third kappa shape index (κ3) is 3.28. The largest absolute Gasteiger partial charge is 0.477 e. The van der Waals surface area contributed by atoms with Gasteiger partial charge in [0.25, 0.3) is 10.0 Å². The molecule has 0 fully saturated rings. The fourth-order valence-electron chi connectivity index (χ4n) is 1.56. The SMILES string of the molecule is Cc1nc(C(C)(C)NS(=O)(=O)c2ccc(C(=O)O)s2)no1. The first-order chi connectivity index (χ1) is 9.62. The van der Waals surface area contributed by atoms with E-state index in [2.05, 4.69) is 14.9 Å². The van der Waals surface area contributed by atoms with Crippen molar-refractivity contribution in [2.75, 3.05) is 0 Å². The summed E-state index contributed by atoms with van der Waals surface area (Å²) in [4.78, 5) is 14.8. The Hall–Kier alpha value is -1.78. The van der Waals surface area contributed by atoms with Gasteiger partial charge in [-0.05, 0) is 26.0 Å². The summed E-state index contributed by atoms with van der Waals surface area (Å²) in [6, 6.07) is 2.49. The summed E-state index contributed by atoms with van der Waals surface area (Å²) in [6.45, 7) is 4.76. The Bertz CT molecular complexity index is 775. The van der Waals surface area contributed by atoms with Crippen LogP contribution in [0.1, 0.15) is 35.2 Å². The van der Waals surface area contributed by atoms with E-state index < -0.39 is 21.5 Å². The van der Waals surface area contributed by atoms with Crippen molar-refractivity contribution in [1.29, 1.82) is 0 Å². The summed E-state index contributed by atoms with van der Waals surface area (Å²) in [5.74, 6) is -0.658. The molecule has 0 aliphatic rings. The highest BCUT2D eigenvalue weighted by Crippen LogP contribution is 2.25. The molecule has 0 saturated carbocycles. The molecule has 0 saturated heterocycles. The van der Waals surface area contributed by atoms with Crippen LogP contribution < -0.4 is 4.72 Å². The number of thiophene rings is 1. The zero-order chi connectivity index (χ0) is 15.8. The van der Waals surface area contributed by atoms with Gasteiger partial charge in [-0.1, -0.05) is 5.16 Å². The minimum Gasteiger partial charge on any atom is -0.477 e. The fourth-order valence-corrected chi connectivity index (χ4v) is 4.08. The van der Waals surface area contributed by atoms with Gasteiger partial charge < -0.3 is 9.63 Å². The summed E-state index contributed by atoms with van der Waals surface area (Å²) in [5.41, 5.74) is -1.09. The molecule has 0 aliphatic heterocycles. The monoisotopic (exact) mass is 331 g/mol. The summed E-state index contributed by atoms with van der Waals surface area (Å²) in [6.07, 6.45) is 0. The van der Waals surface area contributed by atoms with E-state index >= 15 is 0 Å². The number of sulfonamides is 1. The van der Waals surface area contributed by atoms with Gasteiger partial charge in [0.05, 0.1) is 5.54 Å². The highest BCUT2D eigenvalue weighted by atomic mass is 32.2. The van der Waals surface area contributed by atoms with Crippen LogP contribution in [0.4, 0.5) is 0 Å². The summed E-state index contributed by atoms with van der Waals surface area (Å²) < 4.78 is 31.7. The number of hydrogen-bond acceptors (Lipinski definition) is 7. The number of carboxylic acid groups (broad SMARTS) is 1. The Morgan fingerprint density at radius 1 is 1.43 bits per heavy atom. The van der Waals surface area contributed by atoms with Crippen molar-refractivity contribution in [2.24, 2.45) is 0 Å². The number of rotatable bonds is 5. The summed E-state index contributed by atoms with van der Waals surface area (Å²) >= 11 is 0.675. The van der Waals surface area contributed by atoms with Gasteiger partial charge in [0.1, 0.15) is 9.09 Å². The zero-order valence-electron chi connectivity index (χ0n) is 11.4. The first-order valence-corrected chi connectivity index (χ1v) is 8.10. The lowest BCUT2D eigenvalue weighted by Gasteiger charge is -2.21. The number of aromatic carboxylic acids is 1. The van der Waals surface area contributed by atoms with Crippen LogP contribution in [0.25, 0.3) is 0 Å². The van der Waals surface area contributed by atoms with E-state index in [1.165, 1.54) is 12.1 Å². The van der Waals surface area contributed by atoms with Gasteiger partial charge in [-0.2, -0.15) is 9.71 Å². The Morgan fingerprint density at radius 2 is 2.10 bits per heavy atom. The Kier molecular flexibility index (Phi) is 3.87. The van der Waals surface area contributed by atoms with Crippen molar-refractivity contribution >= 4 is 27.3 Å². The van der Waals surface area contributed by atoms with Crippen molar-refractivity contribution in [3.8, 4) is 0 Å². The van der Waals surface area contributed by atoms with Gasteiger partial charge in [0.2, 0.25) is 5.89 Å². The average molecular weight is 331 g/mol. The van der Waals surface area contributed by atoms with E-state index in [1.807, 2.05) is 0 Å². The third-order valence-corrected chi connectivity index (χ3v) is 5.75. The van der Waals surface area contributed by atoms with E-state index in [-0.39, 0.29) is 14.9 Å². The van der Waals surface area contributed by atoms with E-state index in [9.17, 15) is 13.2 Å². The number of hydrogen-bond donors (Lipinski definition) is 2. The molecule has 2 N–H and O–H groups in total. The molecule has 8 nitrogen and oxygen atoms in total. The fraction of sp³-hybridized carbons (Fsp3) is 0.364. The molecule has 0 spiro atoms. The van der Waals surface area contributed by atoms with Gasteiger partial charge in [-0.25, -0.2) is 13.2 Å². The lowest BCUT2D eigenvalue weighted by atomic mass is 10.1. The average Bonchev–Trinajstić information content (AvgIpc) is 2.95. The van der Waals surface area contributed by atoms with E-state index in [4.69, 9.17) is 9.63 Å². The summed E-state index contributed by atoms with van der Waals surface area (Å²) in [5, 5.41) is 12.5. The summed E-state index contributed by atoms with van der Waals surface area (Å²) in [7, 11) is -3.89. The molecule has 0 aromatic carbocycles. The second-order valence-electron chi connectivity index (χ2n) is 4.79. The van der Waals surface area contributed by atoms with Crippen LogP contribution in [0.15, 0.2) is 20.9 Å². The highest BCUT2D eigenvalue weighted by molar-refractivity contribution is 7.91. The maximum atomic E-state index is 12.3. The lowest BCUT2D eigenvalue weighted by molar-refractivity contribution is 0.0702. The zero-order valence-corrected chi connectivity index (χ0v) is 13.1. The van der Waals surface area contributed by atoms with Crippen LogP contribution in [0, 0.1) is 6.92 Å². The molecule has 0 aliphatic carbocycles. The topological polar surface area (TPSA) is 122 Å². The minimum absolute atomic E-state index is 0.0522. The highest BCUT2D eigenvalue weighted by Gasteiger charge is 2.33. The van der Waals surface area contributed by atoms with Crippen molar-refractivity contribution in [3.05, 3.63) is 28.7 Å². The van der Waals surface area contributed by atoms with E-state index in [0.29, 0.717) is 17.2 Å². The molecule has 2 aromatic heterocycles. The van der Waals surface area contributed by atoms with Gasteiger partial charge in [-0.15, -0.1) is 11.3 Å². The number of carbonyl (C=O) groups is 1. The van der Waals surface area contributed by atoms with Crippen molar-refractivity contribution in [2.45, 2.75) is 30.5 Å². The van der Waals surface area contributed by atoms with Crippen molar-refractivity contribution in [3.63, 3.8) is 0 Å². The first-order valence-electron chi connectivity index (χ1n) is 5.80. The standard InChI is InChI=1S/C11H13N3O5S2/c1-6-12-10(13-19-6)11(2,3)14-21(17,18)8-5-4-7(20-8)9(15)16/h4-5,14H,1-3H3,(H,15,16). The van der Waals surface area contributed by atoms with Crippen LogP contribution in [0.3, 0.4) is 0 Å². The molecular weight excluding hydrogens is 318 g/mol. The quantitative estimate of drug-likeness (QED) is 0.847. The Labute approximate surface area is 124 Å². The second kappa shape index (κ2) is 5.20. The number of nitrogens with zero attached hydrogens (tertiary/aromatic N) is 2. The van der Waals surface area contributed by atoms with Gasteiger partial charge >= 0.3 is 5.97 Å². The maximum absolute atomic E-state index is 12.3. The van der Waals surface area contributed by atoms with Crippen LogP contribution in [0.2, 0.25) is 0 Å². The van der Waals surface area contributed by atoms with Crippen LogP contribution in [-0.4, -0.2) is 29.6 Å². The Morgan fingerprint density at radius 3 is 2.57 bits per heavy atom. The van der Waals surface area contributed by atoms with Crippen LogP contribution >= 0.6 is 11.3 Å². The van der Waals surface area contributed by atoms with Gasteiger partial charge in [0.15, 0.2) is 5.82 Å². The molecule has 114 valence electrons. The molecule has 2 rings (SSSR count). The van der Waals surface area contributed by atoms with E-state index in [1.54, 1.807) is 20.8 Å². The number of aromatic nitrogens is 2. The smallest absolute Gasteiger partial charge is 0.345 e. The first kappa shape index (κ1) is 15.6. The van der Waals surface area contributed by atoms with Gasteiger partial charge in [0, 0.05) is 6.92 Å². The molecule has 2 heterocycles. The van der Waals surface area contributed by atoms with Gasteiger partial charge in [-0.3, -0.25) is 0 Å². The van der Waals surface area contributed by atoms with Crippen molar-refractivity contribution in [1.82, 2.24) is 14.9 Å². The molecule has 21 heavy (non-hydrogen) atoms. The molecule has 0 bridgehead atoms. The molecule has 0 amide bonds. The van der Waals surface area contributed by atoms with E-state index in [0.717, 1.165) is 0 Å². The molecule has 0 atom stereocenters. The second-order valence-corrected chi connectivity index (χ2v) is 7.78. The minimum atomic E-state index is -3.89. The van der Waals surface area contributed by atoms with Crippen LogP contribution in [0.5, 0.6) is 0 Å². The number of nitrogens with one attached hydrogen (secondary N) is 1. The Balaban J connectivity index is 2.29. The number of aryl methyl sites for hydroxylation is 1. The lowest BCUT2D eigenvalue weighted by Crippen LogP contribution is -2.41. The molecule has 0 unspecified atom stereocenters. The van der Waals surface area contributed by atoms with Crippen LogP contribution in [-0.2, 0) is 15.6 Å². The molecule has 10 heteroatoms. The third-order valence-electron chi connectivity index (χ3n) is 2.53. The predicted molar refractivity (Wildman–Crippen MR) is 73.7 cm³/mol. The maximum Gasteiger partial charge on any atom is 0.345 e. The van der Waals surface area contributed by atoms with Crippen molar-refractivity contribution < 1.29 is 22.8 Å². The molecule has 2 aromatic rings.